The number of rotatable bonds is 31. The van der Waals surface area contributed by atoms with E-state index in [1.807, 2.05) is 0 Å². The van der Waals surface area contributed by atoms with Gasteiger partial charge in [0, 0.05) is 12.8 Å². The molecule has 0 saturated carbocycles. The summed E-state index contributed by atoms with van der Waals surface area (Å²) in [6.07, 6.45) is 18.3. The molecular formula is C37H70O10. The van der Waals surface area contributed by atoms with Gasteiger partial charge in [0.1, 0.15) is 31.0 Å². The molecule has 10 nitrogen and oxygen atoms in total. The molecule has 0 amide bonds. The van der Waals surface area contributed by atoms with E-state index < -0.39 is 49.4 Å². The monoisotopic (exact) mass is 674 g/mol. The maximum absolute atomic E-state index is 12.6. The van der Waals surface area contributed by atoms with E-state index in [4.69, 9.17) is 18.9 Å². The van der Waals surface area contributed by atoms with E-state index in [2.05, 4.69) is 13.8 Å². The van der Waals surface area contributed by atoms with Gasteiger partial charge in [-0.25, -0.2) is 0 Å². The number of unbranched alkanes of at least 4 members (excludes halogenated alkanes) is 20. The van der Waals surface area contributed by atoms with Crippen molar-refractivity contribution in [3.05, 3.63) is 0 Å². The Balaban J connectivity index is 2.40. The molecule has 0 aromatic heterocycles. The molecule has 278 valence electrons. The Morgan fingerprint density at radius 2 is 1.00 bits per heavy atom. The Kier molecular flexibility index (Phi) is 27.5. The van der Waals surface area contributed by atoms with Crippen LogP contribution < -0.4 is 0 Å². The second-order valence-corrected chi connectivity index (χ2v) is 13.4. The lowest BCUT2D eigenvalue weighted by Crippen LogP contribution is -2.59. The lowest BCUT2D eigenvalue weighted by molar-refractivity contribution is -0.305. The summed E-state index contributed by atoms with van der Waals surface area (Å²) in [6.45, 7) is 3.39. The first-order chi connectivity index (χ1) is 22.8. The molecule has 10 heteroatoms. The summed E-state index contributed by atoms with van der Waals surface area (Å²) in [4.78, 5) is 25.1. The topological polar surface area (TPSA) is 152 Å². The van der Waals surface area contributed by atoms with Crippen LogP contribution >= 0.6 is 0 Å². The van der Waals surface area contributed by atoms with Gasteiger partial charge < -0.3 is 39.4 Å². The molecular weight excluding hydrogens is 604 g/mol. The smallest absolute Gasteiger partial charge is 0.306 e. The molecule has 1 saturated heterocycles. The number of hydrogen-bond donors (Lipinski definition) is 4. The van der Waals surface area contributed by atoms with Crippen molar-refractivity contribution in [1.29, 1.82) is 0 Å². The third-order valence-electron chi connectivity index (χ3n) is 8.99. The van der Waals surface area contributed by atoms with Crippen LogP contribution in [-0.2, 0) is 28.5 Å². The molecule has 0 aromatic rings. The highest BCUT2D eigenvalue weighted by Gasteiger charge is 2.44. The summed E-state index contributed by atoms with van der Waals surface area (Å²) >= 11 is 0. The van der Waals surface area contributed by atoms with Gasteiger partial charge in [0.25, 0.3) is 0 Å². The molecule has 0 aromatic carbocycles. The number of carbonyl (C=O) groups excluding carboxylic acids is 2. The van der Waals surface area contributed by atoms with Crippen molar-refractivity contribution in [2.45, 2.75) is 205 Å². The van der Waals surface area contributed by atoms with Gasteiger partial charge >= 0.3 is 11.9 Å². The maximum atomic E-state index is 12.6. The summed E-state index contributed by atoms with van der Waals surface area (Å²) < 4.78 is 22.0. The summed E-state index contributed by atoms with van der Waals surface area (Å²) in [6, 6.07) is 0. The Morgan fingerprint density at radius 1 is 0.574 bits per heavy atom. The van der Waals surface area contributed by atoms with Crippen molar-refractivity contribution in [3.63, 3.8) is 0 Å². The standard InChI is InChI=1S/C37H70O10/c1-3-5-7-9-11-13-15-17-19-21-23-25-32(39)44-28-30(29-45-37-36(43)35(42)34(41)31(27-38)47-37)46-33(40)26-24-22-20-18-16-14-12-10-8-6-4-2/h30-31,34-38,41-43H,3-29H2,1-2H3/t30-,31-,34+,35+,36-,37-/m1/s1. The van der Waals surface area contributed by atoms with Crippen LogP contribution in [0, 0.1) is 0 Å². The van der Waals surface area contributed by atoms with E-state index in [1.165, 1.54) is 96.3 Å². The summed E-state index contributed by atoms with van der Waals surface area (Å²) in [5, 5.41) is 39.8. The molecule has 1 heterocycles. The molecule has 0 radical (unpaired) electrons. The lowest BCUT2D eigenvalue weighted by atomic mass is 9.99. The third kappa shape index (κ3) is 22.1. The van der Waals surface area contributed by atoms with E-state index in [0.717, 1.165) is 38.5 Å². The van der Waals surface area contributed by atoms with E-state index in [-0.39, 0.29) is 32.0 Å². The SMILES string of the molecule is CCCCCCCCCCCCCC(=O)OC[C@H](CO[C@@H]1O[C@H](CO)[C@H](O)[C@H](O)[C@H]1O)OC(=O)CCCCCCCCCCCCC. The molecule has 0 bridgehead atoms. The fourth-order valence-corrected chi connectivity index (χ4v) is 5.89. The van der Waals surface area contributed by atoms with Crippen LogP contribution in [0.4, 0.5) is 0 Å². The quantitative estimate of drug-likeness (QED) is 0.0464. The van der Waals surface area contributed by atoms with Crippen LogP contribution in [0.15, 0.2) is 0 Å². The van der Waals surface area contributed by atoms with Crippen molar-refractivity contribution in [1.82, 2.24) is 0 Å². The molecule has 1 aliphatic rings. The molecule has 4 N–H and O–H groups in total. The molecule has 1 aliphatic heterocycles. The van der Waals surface area contributed by atoms with E-state index in [9.17, 15) is 30.0 Å². The zero-order chi connectivity index (χ0) is 34.5. The predicted octanol–water partition coefficient (Wildman–Crippen LogP) is 6.66. The molecule has 0 unspecified atom stereocenters. The molecule has 0 spiro atoms. The average molecular weight is 675 g/mol. The summed E-state index contributed by atoms with van der Waals surface area (Å²) in [5.41, 5.74) is 0. The number of ether oxygens (including phenoxy) is 4. The molecule has 6 atom stereocenters. The first-order valence-electron chi connectivity index (χ1n) is 19.1. The normalized spacial score (nSPS) is 21.9. The highest BCUT2D eigenvalue weighted by Crippen LogP contribution is 2.22. The van der Waals surface area contributed by atoms with Gasteiger partial charge in [-0.05, 0) is 12.8 Å². The zero-order valence-electron chi connectivity index (χ0n) is 29.8. The fourth-order valence-electron chi connectivity index (χ4n) is 5.89. The van der Waals surface area contributed by atoms with E-state index in [1.54, 1.807) is 0 Å². The minimum absolute atomic E-state index is 0.210. The average Bonchev–Trinajstić information content (AvgIpc) is 3.06. The Morgan fingerprint density at radius 3 is 1.45 bits per heavy atom. The Hall–Kier alpha value is -1.30. The maximum Gasteiger partial charge on any atom is 0.306 e. The van der Waals surface area contributed by atoms with Crippen LogP contribution in [0.2, 0.25) is 0 Å². The van der Waals surface area contributed by atoms with Crippen molar-refractivity contribution < 1.29 is 49.0 Å². The van der Waals surface area contributed by atoms with Gasteiger partial charge in [-0.3, -0.25) is 9.59 Å². The molecule has 0 aliphatic carbocycles. The summed E-state index contributed by atoms with van der Waals surface area (Å²) in [7, 11) is 0. The van der Waals surface area contributed by atoms with Crippen LogP contribution in [0.25, 0.3) is 0 Å². The number of aliphatic hydroxyl groups is 4. The number of hydrogen-bond acceptors (Lipinski definition) is 10. The largest absolute Gasteiger partial charge is 0.462 e. The second-order valence-electron chi connectivity index (χ2n) is 13.4. The van der Waals surface area contributed by atoms with Crippen molar-refractivity contribution in [3.8, 4) is 0 Å². The minimum Gasteiger partial charge on any atom is -0.462 e. The van der Waals surface area contributed by atoms with E-state index in [0.29, 0.717) is 6.42 Å². The van der Waals surface area contributed by atoms with Gasteiger partial charge in [0.05, 0.1) is 13.2 Å². The highest BCUT2D eigenvalue weighted by atomic mass is 16.7. The van der Waals surface area contributed by atoms with Crippen molar-refractivity contribution >= 4 is 11.9 Å². The first kappa shape index (κ1) is 43.7. The van der Waals surface area contributed by atoms with Crippen LogP contribution in [0.3, 0.4) is 0 Å². The van der Waals surface area contributed by atoms with Crippen LogP contribution in [0.5, 0.6) is 0 Å². The second kappa shape index (κ2) is 29.6. The van der Waals surface area contributed by atoms with Gasteiger partial charge in [-0.1, -0.05) is 142 Å². The van der Waals surface area contributed by atoms with Crippen LogP contribution in [-0.4, -0.2) is 89.0 Å². The van der Waals surface area contributed by atoms with Gasteiger partial charge in [0.15, 0.2) is 12.4 Å². The van der Waals surface area contributed by atoms with Crippen LogP contribution in [0.1, 0.15) is 168 Å². The zero-order valence-corrected chi connectivity index (χ0v) is 29.8. The third-order valence-corrected chi connectivity index (χ3v) is 8.99. The molecule has 1 rings (SSSR count). The van der Waals surface area contributed by atoms with Gasteiger partial charge in [-0.15, -0.1) is 0 Å². The summed E-state index contributed by atoms with van der Waals surface area (Å²) in [5.74, 6) is -0.801. The predicted molar refractivity (Wildman–Crippen MR) is 183 cm³/mol. The Labute approximate surface area is 285 Å². The highest BCUT2D eigenvalue weighted by molar-refractivity contribution is 5.70. The molecule has 1 fully saturated rings. The lowest BCUT2D eigenvalue weighted by Gasteiger charge is -2.39. The minimum atomic E-state index is -1.59. The van der Waals surface area contributed by atoms with Crippen molar-refractivity contribution in [2.75, 3.05) is 19.8 Å². The number of carbonyl (C=O) groups is 2. The Bertz CT molecular complexity index is 749. The number of aliphatic hydroxyl groups excluding tert-OH is 4. The van der Waals surface area contributed by atoms with Gasteiger partial charge in [-0.2, -0.15) is 0 Å². The fraction of sp³-hybridized carbons (Fsp3) is 0.946. The molecule has 47 heavy (non-hydrogen) atoms. The van der Waals surface area contributed by atoms with Gasteiger partial charge in [0.2, 0.25) is 0 Å². The van der Waals surface area contributed by atoms with E-state index >= 15 is 0 Å². The van der Waals surface area contributed by atoms with Crippen molar-refractivity contribution in [2.24, 2.45) is 0 Å². The first-order valence-corrected chi connectivity index (χ1v) is 19.1. The number of esters is 2.